The molecule has 2 unspecified atom stereocenters. The first kappa shape index (κ1) is 62.7. The van der Waals surface area contributed by atoms with Gasteiger partial charge in [0.1, 0.15) is 31.0 Å². The van der Waals surface area contributed by atoms with E-state index in [0.717, 1.165) is 38.5 Å². The summed E-state index contributed by atoms with van der Waals surface area (Å²) in [6.45, 7) is 3.50. The SMILES string of the molecule is CCCCCCCCCCCCCCCCCCCCCCCCCC(=O)OC[C@@H](CO[C@H]1O[C@@H](CO)[C@@H](O)C(O)C1O)OC(=O)CCCCCCCCCCCCCCCCCCCC. The molecule has 392 valence electrons. The number of ether oxygens (including phenoxy) is 4. The largest absolute Gasteiger partial charge is 0.462 e. The quantitative estimate of drug-likeness (QED) is 0.0343. The zero-order valence-corrected chi connectivity index (χ0v) is 43.2. The van der Waals surface area contributed by atoms with Crippen LogP contribution >= 0.6 is 0 Å². The summed E-state index contributed by atoms with van der Waals surface area (Å²) in [5, 5.41) is 40.3. The molecule has 0 saturated carbocycles. The Kier molecular flexibility index (Phi) is 45.0. The lowest BCUT2D eigenvalue weighted by Gasteiger charge is -2.39. The minimum atomic E-state index is -1.59. The second-order valence-electron chi connectivity index (χ2n) is 20.1. The van der Waals surface area contributed by atoms with Crippen LogP contribution in [-0.2, 0) is 28.5 Å². The van der Waals surface area contributed by atoms with Crippen LogP contribution < -0.4 is 0 Å². The molecule has 10 heteroatoms. The average molecular weight is 941 g/mol. The van der Waals surface area contributed by atoms with Crippen LogP contribution in [0.1, 0.15) is 290 Å². The van der Waals surface area contributed by atoms with E-state index in [1.807, 2.05) is 0 Å². The smallest absolute Gasteiger partial charge is 0.306 e. The van der Waals surface area contributed by atoms with Crippen molar-refractivity contribution in [2.45, 2.75) is 327 Å². The molecule has 0 radical (unpaired) electrons. The Morgan fingerprint density at radius 1 is 0.409 bits per heavy atom. The topological polar surface area (TPSA) is 152 Å². The molecule has 1 aliphatic rings. The number of unbranched alkanes of at least 4 members (excludes halogenated alkanes) is 39. The molecule has 0 aliphatic carbocycles. The molecular weight excluding hydrogens is 833 g/mol. The normalized spacial score (nSPS) is 19.0. The minimum absolute atomic E-state index is 0.208. The van der Waals surface area contributed by atoms with Crippen LogP contribution in [0, 0.1) is 0 Å². The van der Waals surface area contributed by atoms with Gasteiger partial charge in [-0.15, -0.1) is 0 Å². The van der Waals surface area contributed by atoms with Crippen molar-refractivity contribution in [3.8, 4) is 0 Å². The maximum absolute atomic E-state index is 12.9. The zero-order chi connectivity index (χ0) is 48.0. The van der Waals surface area contributed by atoms with E-state index < -0.39 is 49.4 Å². The summed E-state index contributed by atoms with van der Waals surface area (Å²) in [6, 6.07) is 0. The second-order valence-corrected chi connectivity index (χ2v) is 20.1. The van der Waals surface area contributed by atoms with Gasteiger partial charge in [0.05, 0.1) is 13.2 Å². The first-order chi connectivity index (χ1) is 32.3. The number of rotatable bonds is 50. The van der Waals surface area contributed by atoms with Gasteiger partial charge in [-0.2, -0.15) is 0 Å². The molecule has 0 aromatic carbocycles. The standard InChI is InChI=1S/C56H108O10/c1-3-5-7-9-11-13-15-17-19-21-23-24-25-26-27-29-30-32-34-36-38-40-42-44-51(58)63-47-49(48-64-56-55(62)54(61)53(60)50(46-57)66-56)65-52(59)45-43-41-39-37-35-33-31-28-22-20-18-16-14-12-10-8-6-4-2/h49-50,53-57,60-62H,3-48H2,1-2H3/t49-,50-,53+,54?,55?,56-/m0/s1. The van der Waals surface area contributed by atoms with Crippen LogP contribution in [0.25, 0.3) is 0 Å². The second kappa shape index (κ2) is 47.4. The lowest BCUT2D eigenvalue weighted by atomic mass is 9.99. The van der Waals surface area contributed by atoms with E-state index in [0.29, 0.717) is 6.42 Å². The van der Waals surface area contributed by atoms with Crippen LogP contribution in [0.15, 0.2) is 0 Å². The Bertz CT molecular complexity index is 1040. The van der Waals surface area contributed by atoms with E-state index in [2.05, 4.69) is 13.8 Å². The molecule has 1 heterocycles. The van der Waals surface area contributed by atoms with Gasteiger partial charge in [0.2, 0.25) is 0 Å². The van der Waals surface area contributed by atoms with E-state index >= 15 is 0 Å². The summed E-state index contributed by atoms with van der Waals surface area (Å²) in [6.07, 6.45) is 45.5. The van der Waals surface area contributed by atoms with Crippen molar-refractivity contribution in [2.24, 2.45) is 0 Å². The van der Waals surface area contributed by atoms with Crippen molar-refractivity contribution in [1.82, 2.24) is 0 Å². The van der Waals surface area contributed by atoms with Crippen LogP contribution in [0.3, 0.4) is 0 Å². The van der Waals surface area contributed by atoms with Gasteiger partial charge in [-0.25, -0.2) is 0 Å². The van der Waals surface area contributed by atoms with Gasteiger partial charge >= 0.3 is 11.9 Å². The summed E-state index contributed by atoms with van der Waals surface area (Å²) in [7, 11) is 0. The molecule has 0 amide bonds. The number of aliphatic hydroxyl groups is 4. The maximum atomic E-state index is 12.9. The number of aliphatic hydroxyl groups excluding tert-OH is 4. The van der Waals surface area contributed by atoms with Crippen molar-refractivity contribution in [2.75, 3.05) is 19.8 Å². The molecule has 0 spiro atoms. The van der Waals surface area contributed by atoms with E-state index in [1.54, 1.807) is 0 Å². The highest BCUT2D eigenvalue weighted by Crippen LogP contribution is 2.23. The van der Waals surface area contributed by atoms with Gasteiger partial charge in [0, 0.05) is 12.8 Å². The molecule has 6 atom stereocenters. The Hall–Kier alpha value is -1.30. The fourth-order valence-corrected chi connectivity index (χ4v) is 9.25. The van der Waals surface area contributed by atoms with Crippen molar-refractivity contribution < 1.29 is 49.0 Å². The number of hydrogen-bond donors (Lipinski definition) is 4. The van der Waals surface area contributed by atoms with Crippen LogP contribution in [0.2, 0.25) is 0 Å². The Morgan fingerprint density at radius 2 is 0.712 bits per heavy atom. The Labute approximate surface area is 406 Å². The zero-order valence-electron chi connectivity index (χ0n) is 43.2. The molecule has 1 saturated heterocycles. The molecule has 4 N–H and O–H groups in total. The molecule has 0 aromatic heterocycles. The van der Waals surface area contributed by atoms with Gasteiger partial charge < -0.3 is 39.4 Å². The fourth-order valence-electron chi connectivity index (χ4n) is 9.25. The Balaban J connectivity index is 2.18. The molecule has 1 aliphatic heterocycles. The maximum Gasteiger partial charge on any atom is 0.306 e. The number of hydrogen-bond acceptors (Lipinski definition) is 10. The molecule has 0 aromatic rings. The molecular formula is C56H108O10. The van der Waals surface area contributed by atoms with Crippen molar-refractivity contribution in [3.63, 3.8) is 0 Å². The lowest BCUT2D eigenvalue weighted by Crippen LogP contribution is -2.59. The predicted octanol–water partition coefficient (Wildman–Crippen LogP) is 14.1. The van der Waals surface area contributed by atoms with Gasteiger partial charge in [-0.3, -0.25) is 9.59 Å². The average Bonchev–Trinajstić information content (AvgIpc) is 3.32. The summed E-state index contributed by atoms with van der Waals surface area (Å²) in [5.41, 5.74) is 0. The third-order valence-corrected chi connectivity index (χ3v) is 13.7. The summed E-state index contributed by atoms with van der Waals surface area (Å²) in [5.74, 6) is -0.782. The van der Waals surface area contributed by atoms with Crippen LogP contribution in [-0.4, -0.2) is 89.0 Å². The van der Waals surface area contributed by atoms with Crippen molar-refractivity contribution in [1.29, 1.82) is 0 Å². The minimum Gasteiger partial charge on any atom is -0.462 e. The molecule has 1 rings (SSSR count). The summed E-state index contributed by atoms with van der Waals surface area (Å²) >= 11 is 0. The molecule has 10 nitrogen and oxygen atoms in total. The van der Waals surface area contributed by atoms with Crippen molar-refractivity contribution in [3.05, 3.63) is 0 Å². The van der Waals surface area contributed by atoms with Crippen LogP contribution in [0.5, 0.6) is 0 Å². The summed E-state index contributed by atoms with van der Waals surface area (Å²) < 4.78 is 22.3. The monoisotopic (exact) mass is 941 g/mol. The van der Waals surface area contributed by atoms with Gasteiger partial charge in [-0.05, 0) is 12.8 Å². The highest BCUT2D eigenvalue weighted by atomic mass is 16.7. The van der Waals surface area contributed by atoms with Crippen molar-refractivity contribution >= 4 is 11.9 Å². The fraction of sp³-hybridized carbons (Fsp3) is 0.964. The number of carbonyl (C=O) groups is 2. The van der Waals surface area contributed by atoms with E-state index in [9.17, 15) is 30.0 Å². The summed E-state index contributed by atoms with van der Waals surface area (Å²) in [4.78, 5) is 25.5. The number of esters is 2. The molecule has 0 bridgehead atoms. The lowest BCUT2D eigenvalue weighted by molar-refractivity contribution is -0.305. The van der Waals surface area contributed by atoms with Crippen LogP contribution in [0.4, 0.5) is 0 Å². The van der Waals surface area contributed by atoms with Gasteiger partial charge in [0.15, 0.2) is 12.4 Å². The van der Waals surface area contributed by atoms with E-state index in [4.69, 9.17) is 18.9 Å². The first-order valence-electron chi connectivity index (χ1n) is 28.6. The van der Waals surface area contributed by atoms with E-state index in [1.165, 1.54) is 218 Å². The van der Waals surface area contributed by atoms with Gasteiger partial charge in [-0.1, -0.05) is 264 Å². The highest BCUT2D eigenvalue weighted by molar-refractivity contribution is 5.70. The highest BCUT2D eigenvalue weighted by Gasteiger charge is 2.44. The number of carbonyl (C=O) groups excluding carboxylic acids is 2. The third kappa shape index (κ3) is 37.6. The first-order valence-corrected chi connectivity index (χ1v) is 28.6. The Morgan fingerprint density at radius 3 is 1.03 bits per heavy atom. The molecule has 66 heavy (non-hydrogen) atoms. The van der Waals surface area contributed by atoms with Gasteiger partial charge in [0.25, 0.3) is 0 Å². The predicted molar refractivity (Wildman–Crippen MR) is 270 cm³/mol. The molecule has 1 fully saturated rings. The third-order valence-electron chi connectivity index (χ3n) is 13.7. The van der Waals surface area contributed by atoms with E-state index in [-0.39, 0.29) is 32.0 Å².